The van der Waals surface area contributed by atoms with Gasteiger partial charge in [-0.05, 0) is 47.3 Å². The molecule has 5 nitrogen and oxygen atoms in total. The highest BCUT2D eigenvalue weighted by molar-refractivity contribution is 5.84. The molecule has 0 unspecified atom stereocenters. The van der Waals surface area contributed by atoms with Gasteiger partial charge in [0.2, 0.25) is 0 Å². The number of nitrogens with zero attached hydrogens (tertiary/aromatic N) is 2. The maximum Gasteiger partial charge on any atom is 0.165 e. The van der Waals surface area contributed by atoms with E-state index in [0.29, 0.717) is 6.61 Å². The maximum atomic E-state index is 6.17. The van der Waals surface area contributed by atoms with Gasteiger partial charge in [0.25, 0.3) is 0 Å². The number of pyridine rings is 1. The van der Waals surface area contributed by atoms with E-state index in [9.17, 15) is 0 Å². The Morgan fingerprint density at radius 1 is 0.970 bits per heavy atom. The minimum absolute atomic E-state index is 0.625. The third-order valence-electron chi connectivity index (χ3n) is 6.30. The molecule has 5 aromatic rings. The van der Waals surface area contributed by atoms with Crippen LogP contribution in [0.25, 0.3) is 32.9 Å². The summed E-state index contributed by atoms with van der Waals surface area (Å²) in [5, 5.41) is 2.37. The zero-order valence-electron chi connectivity index (χ0n) is 18.5. The second-order valence-electron chi connectivity index (χ2n) is 8.52. The number of aromatic amines is 1. The lowest BCUT2D eigenvalue weighted by Crippen LogP contribution is -2.25. The van der Waals surface area contributed by atoms with E-state index in [0.717, 1.165) is 58.7 Å². The van der Waals surface area contributed by atoms with Crippen molar-refractivity contribution in [2.75, 3.05) is 20.3 Å². The van der Waals surface area contributed by atoms with Gasteiger partial charge in [0.1, 0.15) is 6.61 Å². The van der Waals surface area contributed by atoms with Gasteiger partial charge in [-0.3, -0.25) is 9.88 Å². The molecule has 1 aliphatic heterocycles. The molecule has 1 aliphatic rings. The molecule has 1 N–H and O–H groups in total. The van der Waals surface area contributed by atoms with Crippen LogP contribution in [-0.4, -0.2) is 35.1 Å². The van der Waals surface area contributed by atoms with Crippen molar-refractivity contribution < 1.29 is 9.47 Å². The summed E-state index contributed by atoms with van der Waals surface area (Å²) >= 11 is 0. The molecule has 0 saturated heterocycles. The van der Waals surface area contributed by atoms with Gasteiger partial charge in [0.15, 0.2) is 11.5 Å². The molecule has 3 heterocycles. The van der Waals surface area contributed by atoms with E-state index >= 15 is 0 Å². The van der Waals surface area contributed by atoms with Crippen LogP contribution >= 0.6 is 0 Å². The Hall–Kier alpha value is -3.83. The molecule has 0 fully saturated rings. The topological polar surface area (TPSA) is 50.4 Å². The minimum Gasteiger partial charge on any atom is -0.493 e. The fourth-order valence-corrected chi connectivity index (χ4v) is 4.68. The Morgan fingerprint density at radius 3 is 2.70 bits per heavy atom. The van der Waals surface area contributed by atoms with Crippen LogP contribution in [0, 0.1) is 0 Å². The predicted molar refractivity (Wildman–Crippen MR) is 132 cm³/mol. The van der Waals surface area contributed by atoms with Gasteiger partial charge in [-0.25, -0.2) is 0 Å². The van der Waals surface area contributed by atoms with Gasteiger partial charge in [-0.15, -0.1) is 0 Å². The SMILES string of the molecule is COc1cc(-c2cnc3ccccc3c2)cc2c1OCCN(Cc1cc3ccccc3[nH]1)C2. The van der Waals surface area contributed by atoms with E-state index in [-0.39, 0.29) is 0 Å². The number of ether oxygens (including phenoxy) is 2. The molecular weight excluding hydrogens is 410 g/mol. The van der Waals surface area contributed by atoms with Crippen molar-refractivity contribution in [3.05, 3.63) is 90.3 Å². The van der Waals surface area contributed by atoms with Crippen molar-refractivity contribution in [2.24, 2.45) is 0 Å². The highest BCUT2D eigenvalue weighted by Gasteiger charge is 2.21. The summed E-state index contributed by atoms with van der Waals surface area (Å²) < 4.78 is 11.9. The summed E-state index contributed by atoms with van der Waals surface area (Å²) in [6.07, 6.45) is 1.93. The van der Waals surface area contributed by atoms with E-state index in [1.807, 2.05) is 24.4 Å². The van der Waals surface area contributed by atoms with Crippen LogP contribution in [0.2, 0.25) is 0 Å². The third-order valence-corrected chi connectivity index (χ3v) is 6.30. The Balaban J connectivity index is 1.34. The van der Waals surface area contributed by atoms with Gasteiger partial charge in [-0.2, -0.15) is 0 Å². The molecule has 0 aliphatic carbocycles. The lowest BCUT2D eigenvalue weighted by atomic mass is 10.0. The number of hydrogen-bond acceptors (Lipinski definition) is 4. The van der Waals surface area contributed by atoms with Crippen molar-refractivity contribution in [1.29, 1.82) is 0 Å². The zero-order chi connectivity index (χ0) is 22.2. The first-order valence-corrected chi connectivity index (χ1v) is 11.2. The first-order chi connectivity index (χ1) is 16.3. The average Bonchev–Trinajstić information content (AvgIpc) is 3.15. The summed E-state index contributed by atoms with van der Waals surface area (Å²) in [6.45, 7) is 3.10. The van der Waals surface area contributed by atoms with Crippen LogP contribution < -0.4 is 9.47 Å². The molecule has 6 rings (SSSR count). The molecule has 0 radical (unpaired) electrons. The van der Waals surface area contributed by atoms with Crippen LogP contribution in [0.15, 0.2) is 79.0 Å². The number of benzene rings is 3. The zero-order valence-corrected chi connectivity index (χ0v) is 18.5. The van der Waals surface area contributed by atoms with Gasteiger partial charge >= 0.3 is 0 Å². The number of fused-ring (bicyclic) bond motifs is 3. The monoisotopic (exact) mass is 435 g/mol. The lowest BCUT2D eigenvalue weighted by molar-refractivity contribution is 0.215. The second-order valence-corrected chi connectivity index (χ2v) is 8.52. The van der Waals surface area contributed by atoms with Crippen molar-refractivity contribution in [2.45, 2.75) is 13.1 Å². The predicted octanol–water partition coefficient (Wildman–Crippen LogP) is 5.79. The molecular formula is C28H25N3O2. The van der Waals surface area contributed by atoms with Crippen LogP contribution in [-0.2, 0) is 13.1 Å². The van der Waals surface area contributed by atoms with Gasteiger partial charge < -0.3 is 14.5 Å². The molecule has 5 heteroatoms. The van der Waals surface area contributed by atoms with E-state index < -0.39 is 0 Å². The summed E-state index contributed by atoms with van der Waals surface area (Å²) in [5.74, 6) is 1.61. The molecule has 0 spiro atoms. The fourth-order valence-electron chi connectivity index (χ4n) is 4.68. The van der Waals surface area contributed by atoms with E-state index in [4.69, 9.17) is 9.47 Å². The molecule has 33 heavy (non-hydrogen) atoms. The number of aromatic nitrogens is 2. The average molecular weight is 436 g/mol. The fraction of sp³-hybridized carbons (Fsp3) is 0.179. The van der Waals surface area contributed by atoms with Gasteiger partial charge in [-0.1, -0.05) is 36.4 Å². The molecule has 164 valence electrons. The van der Waals surface area contributed by atoms with Crippen LogP contribution in [0.1, 0.15) is 11.3 Å². The summed E-state index contributed by atoms with van der Waals surface area (Å²) in [7, 11) is 1.70. The van der Waals surface area contributed by atoms with E-state index in [2.05, 4.69) is 69.5 Å². The largest absolute Gasteiger partial charge is 0.493 e. The van der Waals surface area contributed by atoms with Crippen molar-refractivity contribution in [1.82, 2.24) is 14.9 Å². The summed E-state index contributed by atoms with van der Waals surface area (Å²) in [4.78, 5) is 10.6. The maximum absolute atomic E-state index is 6.17. The Bertz CT molecular complexity index is 1420. The second kappa shape index (κ2) is 8.26. The highest BCUT2D eigenvalue weighted by Crippen LogP contribution is 2.39. The first-order valence-electron chi connectivity index (χ1n) is 11.2. The number of nitrogens with one attached hydrogen (secondary N) is 1. The molecule has 0 saturated carbocycles. The smallest absolute Gasteiger partial charge is 0.165 e. The van der Waals surface area contributed by atoms with Gasteiger partial charge in [0.05, 0.1) is 12.6 Å². The number of rotatable bonds is 4. The number of para-hydroxylation sites is 2. The number of H-pyrrole nitrogens is 1. The molecule has 0 amide bonds. The summed E-state index contributed by atoms with van der Waals surface area (Å²) in [5.41, 5.74) is 6.66. The number of methoxy groups -OCH3 is 1. The molecule has 0 atom stereocenters. The quantitative estimate of drug-likeness (QED) is 0.388. The normalized spacial score (nSPS) is 14.1. The Morgan fingerprint density at radius 2 is 1.82 bits per heavy atom. The standard InChI is InChI=1S/C28H25N3O2/c1-32-27-15-21(22-12-19-6-2-4-8-25(19)29-16-22)13-23-17-31(10-11-33-28(23)27)18-24-14-20-7-3-5-9-26(20)30-24/h2-9,12-16,30H,10-11,17-18H2,1H3. The first kappa shape index (κ1) is 19.8. The van der Waals surface area contributed by atoms with Crippen LogP contribution in [0.5, 0.6) is 11.5 Å². The molecule has 2 aromatic heterocycles. The molecule has 0 bridgehead atoms. The van der Waals surface area contributed by atoms with E-state index in [1.165, 1.54) is 16.6 Å². The van der Waals surface area contributed by atoms with Crippen molar-refractivity contribution in [3.63, 3.8) is 0 Å². The Kier molecular flexibility index (Phi) is 4.96. The summed E-state index contributed by atoms with van der Waals surface area (Å²) in [6, 6.07) is 25.3. The number of hydrogen-bond donors (Lipinski definition) is 1. The minimum atomic E-state index is 0.625. The van der Waals surface area contributed by atoms with Crippen LogP contribution in [0.4, 0.5) is 0 Å². The van der Waals surface area contributed by atoms with Crippen molar-refractivity contribution in [3.8, 4) is 22.6 Å². The Labute approximate surface area is 192 Å². The van der Waals surface area contributed by atoms with Crippen LogP contribution in [0.3, 0.4) is 0 Å². The third kappa shape index (κ3) is 3.81. The molecule has 3 aromatic carbocycles. The van der Waals surface area contributed by atoms with Gasteiger partial charge in [0, 0.05) is 53.6 Å². The highest BCUT2D eigenvalue weighted by atomic mass is 16.5. The van der Waals surface area contributed by atoms with E-state index in [1.54, 1.807) is 7.11 Å². The van der Waals surface area contributed by atoms with Crippen molar-refractivity contribution >= 4 is 21.8 Å². The lowest BCUT2D eigenvalue weighted by Gasteiger charge is -2.19.